The molecular weight excluding hydrogens is 320 g/mol. The molecule has 2 aromatic rings. The maximum atomic E-state index is 12.9. The van der Waals surface area contributed by atoms with Crippen LogP contribution in [0.2, 0.25) is 0 Å². The van der Waals surface area contributed by atoms with Crippen LogP contribution in [0.5, 0.6) is 0 Å². The van der Waals surface area contributed by atoms with Gasteiger partial charge in [0.25, 0.3) is 0 Å². The van der Waals surface area contributed by atoms with Crippen LogP contribution in [-0.2, 0) is 9.84 Å². The maximum Gasteiger partial charge on any atom is 0.186 e. The van der Waals surface area contributed by atoms with Gasteiger partial charge in [0.05, 0.1) is 4.90 Å². The molecule has 24 heavy (non-hydrogen) atoms. The van der Waals surface area contributed by atoms with Gasteiger partial charge in [0.2, 0.25) is 0 Å². The lowest BCUT2D eigenvalue weighted by molar-refractivity contribution is 0.582. The molecule has 130 valence electrons. The number of nitrogens with zero attached hydrogens (tertiary/aromatic N) is 1. The first-order valence-electron chi connectivity index (χ1n) is 8.29. The molecule has 5 heteroatoms. The van der Waals surface area contributed by atoms with Gasteiger partial charge < -0.3 is 10.6 Å². The lowest BCUT2D eigenvalue weighted by Crippen LogP contribution is -2.23. The van der Waals surface area contributed by atoms with Crippen LogP contribution >= 0.6 is 0 Å². The van der Waals surface area contributed by atoms with E-state index in [9.17, 15) is 8.42 Å². The fraction of sp³-hybridized carbons (Fsp3) is 0.368. The molecule has 1 atom stereocenters. The van der Waals surface area contributed by atoms with E-state index in [2.05, 4.69) is 18.7 Å². The third-order valence-electron chi connectivity index (χ3n) is 4.33. The number of anilines is 1. The number of benzene rings is 2. The van der Waals surface area contributed by atoms with Crippen LogP contribution in [0, 0.1) is 6.92 Å². The Labute approximate surface area is 145 Å². The Balaban J connectivity index is 2.35. The van der Waals surface area contributed by atoms with Crippen LogP contribution < -0.4 is 10.6 Å². The summed E-state index contributed by atoms with van der Waals surface area (Å²) < 4.78 is 25.8. The standard InChI is InChI=1S/C19H26N2O2S/c1-4-21(5-2)17-10-8-16(9-11-17)19(14-20)24(22,23)18-12-6-15(3)7-13-18/h6-13,19H,4-5,14,20H2,1-3H3/t19-/m0/s1. The zero-order valence-electron chi connectivity index (χ0n) is 14.6. The molecule has 0 saturated heterocycles. The summed E-state index contributed by atoms with van der Waals surface area (Å²) in [7, 11) is -3.50. The maximum absolute atomic E-state index is 12.9. The third-order valence-corrected chi connectivity index (χ3v) is 6.47. The summed E-state index contributed by atoms with van der Waals surface area (Å²) in [5.41, 5.74) is 8.67. The molecule has 2 aromatic carbocycles. The van der Waals surface area contributed by atoms with E-state index in [1.807, 2.05) is 43.3 Å². The van der Waals surface area contributed by atoms with E-state index < -0.39 is 15.1 Å². The van der Waals surface area contributed by atoms with Gasteiger partial charge in [0.15, 0.2) is 9.84 Å². The minimum atomic E-state index is -3.50. The molecule has 2 N–H and O–H groups in total. The summed E-state index contributed by atoms with van der Waals surface area (Å²) in [6, 6.07) is 14.6. The van der Waals surface area contributed by atoms with E-state index in [0.29, 0.717) is 4.90 Å². The number of sulfone groups is 1. The highest BCUT2D eigenvalue weighted by Crippen LogP contribution is 2.29. The minimum absolute atomic E-state index is 0.0564. The van der Waals surface area contributed by atoms with Gasteiger partial charge in [-0.25, -0.2) is 8.42 Å². The first-order valence-corrected chi connectivity index (χ1v) is 9.84. The van der Waals surface area contributed by atoms with Crippen molar-refractivity contribution in [1.29, 1.82) is 0 Å². The molecule has 0 aromatic heterocycles. The normalized spacial score (nSPS) is 12.8. The summed E-state index contributed by atoms with van der Waals surface area (Å²) in [4.78, 5) is 2.53. The largest absolute Gasteiger partial charge is 0.372 e. The van der Waals surface area contributed by atoms with Gasteiger partial charge in [-0.15, -0.1) is 0 Å². The molecule has 0 aliphatic carbocycles. The molecule has 0 saturated carbocycles. The minimum Gasteiger partial charge on any atom is -0.372 e. The van der Waals surface area contributed by atoms with Crippen molar-refractivity contribution in [2.45, 2.75) is 30.9 Å². The van der Waals surface area contributed by atoms with E-state index in [-0.39, 0.29) is 6.54 Å². The fourth-order valence-electron chi connectivity index (χ4n) is 2.82. The smallest absolute Gasteiger partial charge is 0.186 e. The number of hydrogen-bond donors (Lipinski definition) is 1. The lowest BCUT2D eigenvalue weighted by Gasteiger charge is -2.22. The number of nitrogens with two attached hydrogens (primary N) is 1. The van der Waals surface area contributed by atoms with Gasteiger partial charge in [0, 0.05) is 25.3 Å². The van der Waals surface area contributed by atoms with Gasteiger partial charge in [-0.2, -0.15) is 0 Å². The Morgan fingerprint density at radius 1 is 0.958 bits per heavy atom. The summed E-state index contributed by atoms with van der Waals surface area (Å²) in [6.45, 7) is 8.02. The van der Waals surface area contributed by atoms with Crippen molar-refractivity contribution in [3.8, 4) is 0 Å². The van der Waals surface area contributed by atoms with Gasteiger partial charge >= 0.3 is 0 Å². The zero-order valence-corrected chi connectivity index (χ0v) is 15.4. The molecular formula is C19H26N2O2S. The molecule has 0 heterocycles. The molecule has 2 rings (SSSR count). The Bertz CT molecular complexity index is 749. The predicted molar refractivity (Wildman–Crippen MR) is 100 cm³/mol. The monoisotopic (exact) mass is 346 g/mol. The molecule has 0 fully saturated rings. The van der Waals surface area contributed by atoms with Crippen LogP contribution in [-0.4, -0.2) is 28.1 Å². The number of rotatable bonds is 7. The summed E-state index contributed by atoms with van der Waals surface area (Å²) in [5.74, 6) is 0. The van der Waals surface area contributed by atoms with Crippen molar-refractivity contribution in [3.63, 3.8) is 0 Å². The summed E-state index contributed by atoms with van der Waals surface area (Å²) >= 11 is 0. The van der Waals surface area contributed by atoms with Crippen molar-refractivity contribution < 1.29 is 8.42 Å². The van der Waals surface area contributed by atoms with Gasteiger partial charge in [0.1, 0.15) is 5.25 Å². The fourth-order valence-corrected chi connectivity index (χ4v) is 4.44. The van der Waals surface area contributed by atoms with Crippen LogP contribution in [0.4, 0.5) is 5.69 Å². The molecule has 0 bridgehead atoms. The number of aryl methyl sites for hydroxylation is 1. The van der Waals surface area contributed by atoms with Crippen molar-refractivity contribution >= 4 is 15.5 Å². The van der Waals surface area contributed by atoms with Crippen molar-refractivity contribution in [1.82, 2.24) is 0 Å². The molecule has 0 aliphatic rings. The van der Waals surface area contributed by atoms with Gasteiger partial charge in [-0.3, -0.25) is 0 Å². The molecule has 4 nitrogen and oxygen atoms in total. The Morgan fingerprint density at radius 2 is 1.50 bits per heavy atom. The molecule has 0 amide bonds. The summed E-state index contributed by atoms with van der Waals surface area (Å²) in [6.07, 6.45) is 0. The summed E-state index contributed by atoms with van der Waals surface area (Å²) in [5, 5.41) is -0.731. The lowest BCUT2D eigenvalue weighted by atomic mass is 10.1. The molecule has 0 radical (unpaired) electrons. The van der Waals surface area contributed by atoms with Crippen LogP contribution in [0.3, 0.4) is 0 Å². The molecule has 0 aliphatic heterocycles. The predicted octanol–water partition coefficient (Wildman–Crippen LogP) is 3.31. The van der Waals surface area contributed by atoms with Crippen molar-refractivity contribution in [2.24, 2.45) is 5.73 Å². The first-order chi connectivity index (χ1) is 11.4. The van der Waals surface area contributed by atoms with Crippen molar-refractivity contribution in [3.05, 3.63) is 59.7 Å². The SMILES string of the molecule is CCN(CC)c1ccc([C@H](CN)S(=O)(=O)c2ccc(C)cc2)cc1. The molecule has 0 unspecified atom stereocenters. The second kappa shape index (κ2) is 7.81. The Morgan fingerprint density at radius 3 is 1.96 bits per heavy atom. The van der Waals surface area contributed by atoms with Crippen LogP contribution in [0.1, 0.15) is 30.2 Å². The van der Waals surface area contributed by atoms with Gasteiger partial charge in [-0.05, 0) is 50.6 Å². The highest BCUT2D eigenvalue weighted by molar-refractivity contribution is 7.91. The van der Waals surface area contributed by atoms with Gasteiger partial charge in [-0.1, -0.05) is 29.8 Å². The second-order valence-electron chi connectivity index (χ2n) is 5.85. The topological polar surface area (TPSA) is 63.4 Å². The average Bonchev–Trinajstić information content (AvgIpc) is 2.58. The van der Waals surface area contributed by atoms with Crippen LogP contribution in [0.15, 0.2) is 53.4 Å². The average molecular weight is 346 g/mol. The Kier molecular flexibility index (Phi) is 6.02. The molecule has 0 spiro atoms. The Hall–Kier alpha value is -1.85. The van der Waals surface area contributed by atoms with E-state index in [0.717, 1.165) is 29.9 Å². The zero-order chi connectivity index (χ0) is 17.7. The highest BCUT2D eigenvalue weighted by atomic mass is 32.2. The van der Waals surface area contributed by atoms with Crippen LogP contribution in [0.25, 0.3) is 0 Å². The number of hydrogen-bond acceptors (Lipinski definition) is 4. The third kappa shape index (κ3) is 3.79. The highest BCUT2D eigenvalue weighted by Gasteiger charge is 2.27. The first kappa shape index (κ1) is 18.5. The second-order valence-corrected chi connectivity index (χ2v) is 7.98. The van der Waals surface area contributed by atoms with E-state index in [4.69, 9.17) is 5.73 Å². The van der Waals surface area contributed by atoms with E-state index >= 15 is 0 Å². The van der Waals surface area contributed by atoms with Crippen molar-refractivity contribution in [2.75, 3.05) is 24.5 Å². The van der Waals surface area contributed by atoms with E-state index in [1.165, 1.54) is 0 Å². The van der Waals surface area contributed by atoms with E-state index in [1.54, 1.807) is 12.1 Å². The quantitative estimate of drug-likeness (QED) is 0.835.